The van der Waals surface area contributed by atoms with Crippen molar-refractivity contribution in [2.75, 3.05) is 17.7 Å². The highest BCUT2D eigenvalue weighted by Gasteiger charge is 2.19. The van der Waals surface area contributed by atoms with E-state index >= 15 is 0 Å². The molecule has 4 rings (SSSR count). The molecule has 0 unspecified atom stereocenters. The maximum Gasteiger partial charge on any atom is 0.279 e. The fourth-order valence-corrected chi connectivity index (χ4v) is 2.74. The predicted molar refractivity (Wildman–Crippen MR) is 103 cm³/mol. The van der Waals surface area contributed by atoms with Crippen LogP contribution in [0, 0.1) is 0 Å². The molecule has 0 aliphatic carbocycles. The molecule has 0 saturated heterocycles. The third kappa shape index (κ3) is 2.92. The van der Waals surface area contributed by atoms with Crippen molar-refractivity contribution in [1.82, 2.24) is 19.7 Å². The number of pyridine rings is 3. The van der Waals surface area contributed by atoms with Crippen LogP contribution in [0.1, 0.15) is 10.5 Å². The van der Waals surface area contributed by atoms with Gasteiger partial charge in [0.1, 0.15) is 22.8 Å². The number of nitrogens with one attached hydrogen (secondary N) is 2. The number of carbonyl (C=O) groups is 1. The van der Waals surface area contributed by atoms with Crippen LogP contribution in [0.4, 0.5) is 17.2 Å². The van der Waals surface area contributed by atoms with Crippen LogP contribution in [-0.4, -0.2) is 32.6 Å². The summed E-state index contributed by atoms with van der Waals surface area (Å²) in [5.41, 5.74) is 6.23. The van der Waals surface area contributed by atoms with Gasteiger partial charge in [-0.1, -0.05) is 11.2 Å². The number of hydrogen-bond acceptors (Lipinski definition) is 8. The lowest BCUT2D eigenvalue weighted by Crippen LogP contribution is -2.21. The SMILES string of the molecule is CNc1cc(Nc2cccn(-c3ccccn3)c2=O)nc2c(C(N)=O)noc12. The second-order valence-corrected chi connectivity index (χ2v) is 5.79. The average molecular weight is 377 g/mol. The highest BCUT2D eigenvalue weighted by molar-refractivity contribution is 6.04. The summed E-state index contributed by atoms with van der Waals surface area (Å²) in [7, 11) is 1.68. The van der Waals surface area contributed by atoms with Crippen LogP contribution >= 0.6 is 0 Å². The molecule has 140 valence electrons. The molecule has 0 fully saturated rings. The molecule has 4 N–H and O–H groups in total. The van der Waals surface area contributed by atoms with E-state index in [9.17, 15) is 9.59 Å². The summed E-state index contributed by atoms with van der Waals surface area (Å²) in [6.07, 6.45) is 3.23. The number of nitrogens with two attached hydrogens (primary N) is 1. The monoisotopic (exact) mass is 377 g/mol. The number of rotatable bonds is 5. The van der Waals surface area contributed by atoms with Crippen molar-refractivity contribution in [3.8, 4) is 5.82 Å². The summed E-state index contributed by atoms with van der Waals surface area (Å²) in [6, 6.07) is 10.3. The maximum absolute atomic E-state index is 12.8. The number of aromatic nitrogens is 4. The number of anilines is 3. The average Bonchev–Trinajstić information content (AvgIpc) is 3.14. The molecule has 0 atom stereocenters. The van der Waals surface area contributed by atoms with E-state index in [1.165, 1.54) is 4.57 Å². The van der Waals surface area contributed by atoms with E-state index < -0.39 is 5.91 Å². The minimum Gasteiger partial charge on any atom is -0.385 e. The van der Waals surface area contributed by atoms with Gasteiger partial charge in [-0.2, -0.15) is 0 Å². The number of primary amides is 1. The summed E-state index contributed by atoms with van der Waals surface area (Å²) in [5.74, 6) is 0.0478. The number of hydrogen-bond donors (Lipinski definition) is 3. The van der Waals surface area contributed by atoms with E-state index in [1.54, 1.807) is 55.8 Å². The summed E-state index contributed by atoms with van der Waals surface area (Å²) >= 11 is 0. The molecular weight excluding hydrogens is 362 g/mol. The molecule has 0 aliphatic heterocycles. The minimum atomic E-state index is -0.761. The highest BCUT2D eigenvalue weighted by atomic mass is 16.5. The van der Waals surface area contributed by atoms with Gasteiger partial charge in [0.15, 0.2) is 5.69 Å². The maximum atomic E-state index is 12.8. The second kappa shape index (κ2) is 6.83. The molecule has 1 amide bonds. The van der Waals surface area contributed by atoms with E-state index in [0.717, 1.165) is 0 Å². The topological polar surface area (TPSA) is 141 Å². The van der Waals surface area contributed by atoms with E-state index in [-0.39, 0.29) is 22.5 Å². The van der Waals surface area contributed by atoms with Crippen LogP contribution in [0.25, 0.3) is 16.9 Å². The Morgan fingerprint density at radius 1 is 1.21 bits per heavy atom. The first-order valence-corrected chi connectivity index (χ1v) is 8.26. The lowest BCUT2D eigenvalue weighted by atomic mass is 10.2. The molecule has 0 radical (unpaired) electrons. The molecule has 10 nitrogen and oxygen atoms in total. The van der Waals surface area contributed by atoms with Crippen molar-refractivity contribution in [3.63, 3.8) is 0 Å². The number of fused-ring (bicyclic) bond motifs is 1. The van der Waals surface area contributed by atoms with Crippen LogP contribution in [0.15, 0.2) is 58.1 Å². The van der Waals surface area contributed by atoms with Gasteiger partial charge in [0.2, 0.25) is 5.58 Å². The first-order chi connectivity index (χ1) is 13.6. The van der Waals surface area contributed by atoms with Crippen molar-refractivity contribution >= 4 is 34.2 Å². The van der Waals surface area contributed by atoms with Crippen molar-refractivity contribution in [1.29, 1.82) is 0 Å². The van der Waals surface area contributed by atoms with Crippen LogP contribution in [0.3, 0.4) is 0 Å². The van der Waals surface area contributed by atoms with Gasteiger partial charge in [-0.3, -0.25) is 14.2 Å². The lowest BCUT2D eigenvalue weighted by molar-refractivity contribution is 0.0993. The van der Waals surface area contributed by atoms with Crippen molar-refractivity contribution in [3.05, 3.63) is 64.8 Å². The molecule has 0 aliphatic rings. The molecule has 4 aromatic heterocycles. The Labute approximate surface area is 158 Å². The van der Waals surface area contributed by atoms with Crippen LogP contribution in [0.2, 0.25) is 0 Å². The fourth-order valence-electron chi connectivity index (χ4n) is 2.74. The predicted octanol–water partition coefficient (Wildman–Crippen LogP) is 1.65. The van der Waals surface area contributed by atoms with E-state index in [2.05, 4.69) is 25.8 Å². The normalized spacial score (nSPS) is 10.8. The van der Waals surface area contributed by atoms with Gasteiger partial charge in [-0.25, -0.2) is 9.97 Å². The minimum absolute atomic E-state index is 0.0888. The van der Waals surface area contributed by atoms with Gasteiger partial charge < -0.3 is 20.9 Å². The van der Waals surface area contributed by atoms with Crippen molar-refractivity contribution in [2.24, 2.45) is 5.73 Å². The number of carbonyl (C=O) groups excluding carboxylic acids is 1. The largest absolute Gasteiger partial charge is 0.385 e. The molecule has 4 heterocycles. The zero-order valence-electron chi connectivity index (χ0n) is 14.7. The first kappa shape index (κ1) is 17.2. The third-order valence-corrected chi connectivity index (χ3v) is 4.03. The van der Waals surface area contributed by atoms with E-state index in [1.807, 2.05) is 0 Å². The fraction of sp³-hybridized carbons (Fsp3) is 0.0556. The van der Waals surface area contributed by atoms with E-state index in [4.69, 9.17) is 10.3 Å². The Hall–Kier alpha value is -4.21. The quantitative estimate of drug-likeness (QED) is 0.477. The van der Waals surface area contributed by atoms with Crippen LogP contribution in [-0.2, 0) is 0 Å². The van der Waals surface area contributed by atoms with Crippen molar-refractivity contribution < 1.29 is 9.32 Å². The molecular formula is C18H15N7O3. The summed E-state index contributed by atoms with van der Waals surface area (Å²) in [5, 5.41) is 9.58. The second-order valence-electron chi connectivity index (χ2n) is 5.79. The van der Waals surface area contributed by atoms with Gasteiger partial charge >= 0.3 is 0 Å². The molecule has 4 aromatic rings. The Bertz CT molecular complexity index is 1230. The molecule has 10 heteroatoms. The van der Waals surface area contributed by atoms with Crippen molar-refractivity contribution in [2.45, 2.75) is 0 Å². The molecule has 0 spiro atoms. The molecule has 28 heavy (non-hydrogen) atoms. The zero-order valence-corrected chi connectivity index (χ0v) is 14.7. The highest BCUT2D eigenvalue weighted by Crippen LogP contribution is 2.28. The summed E-state index contributed by atoms with van der Waals surface area (Å²) in [4.78, 5) is 32.9. The molecule has 0 bridgehead atoms. The Kier molecular flexibility index (Phi) is 4.20. The van der Waals surface area contributed by atoms with Gasteiger partial charge in [0.05, 0.1) is 5.69 Å². The standard InChI is InChI=1S/C18H15N7O3/c1-20-11-9-12(23-14-15(17(19)26)24-28-16(11)14)22-10-5-4-8-25(18(10)27)13-6-2-3-7-21-13/h2-9H,1H3,(H2,19,26)(H2,20,22,23). The van der Waals surface area contributed by atoms with Crippen LogP contribution in [0.5, 0.6) is 0 Å². The van der Waals surface area contributed by atoms with Gasteiger partial charge in [0, 0.05) is 25.5 Å². The number of amides is 1. The molecule has 0 saturated carbocycles. The summed E-state index contributed by atoms with van der Waals surface area (Å²) in [6.45, 7) is 0. The smallest absolute Gasteiger partial charge is 0.279 e. The van der Waals surface area contributed by atoms with Crippen LogP contribution < -0.4 is 21.9 Å². The Morgan fingerprint density at radius 3 is 2.79 bits per heavy atom. The Balaban J connectivity index is 1.80. The molecule has 0 aromatic carbocycles. The van der Waals surface area contributed by atoms with Gasteiger partial charge in [0.25, 0.3) is 11.5 Å². The van der Waals surface area contributed by atoms with Gasteiger partial charge in [-0.15, -0.1) is 0 Å². The van der Waals surface area contributed by atoms with Gasteiger partial charge in [-0.05, 0) is 24.3 Å². The zero-order chi connectivity index (χ0) is 19.7. The number of nitrogens with zero attached hydrogens (tertiary/aromatic N) is 4. The van der Waals surface area contributed by atoms with E-state index in [0.29, 0.717) is 22.9 Å². The summed E-state index contributed by atoms with van der Waals surface area (Å²) < 4.78 is 6.57. The first-order valence-electron chi connectivity index (χ1n) is 8.26. The third-order valence-electron chi connectivity index (χ3n) is 4.03. The Morgan fingerprint density at radius 2 is 2.07 bits per heavy atom. The lowest BCUT2D eigenvalue weighted by Gasteiger charge is -2.10.